The van der Waals surface area contributed by atoms with E-state index in [4.69, 9.17) is 10.2 Å². The molecule has 1 heterocycles. The average Bonchev–Trinajstić information content (AvgIpc) is 2.62. The molecule has 0 saturated carbocycles. The summed E-state index contributed by atoms with van der Waals surface area (Å²) in [6.07, 6.45) is 4.07. The molecular formula is C21H29N3O2. The number of rotatable bonds is 7. The molecule has 2 aromatic rings. The van der Waals surface area contributed by atoms with Gasteiger partial charge in [0, 0.05) is 36.1 Å². The molecule has 0 spiro atoms. The molecule has 0 amide bonds. The van der Waals surface area contributed by atoms with E-state index in [2.05, 4.69) is 37.1 Å². The molecule has 0 bridgehead atoms. The second-order valence-electron chi connectivity index (χ2n) is 6.55. The topological polar surface area (TPSA) is 80.6 Å². The summed E-state index contributed by atoms with van der Waals surface area (Å²) in [5.74, 6) is 0.485. The molecule has 26 heavy (non-hydrogen) atoms. The molecule has 1 atom stereocenters. The van der Waals surface area contributed by atoms with E-state index in [0.29, 0.717) is 34.4 Å². The Morgan fingerprint density at radius 1 is 1.35 bits per heavy atom. The Balaban J connectivity index is 2.75. The van der Waals surface area contributed by atoms with Gasteiger partial charge in [-0.3, -0.25) is 9.79 Å². The molecule has 3 N–H and O–H groups in total. The van der Waals surface area contributed by atoms with E-state index in [1.54, 1.807) is 13.1 Å². The fraction of sp³-hybridized carbons (Fsp3) is 0.429. The SMILES string of the molecule is CCCN=C/C(=C\N)c1oc2c([C@@H](C)NCC)cc(C)cc2c(=O)c1C. The van der Waals surface area contributed by atoms with Gasteiger partial charge >= 0.3 is 0 Å². The Morgan fingerprint density at radius 3 is 2.69 bits per heavy atom. The van der Waals surface area contributed by atoms with E-state index >= 15 is 0 Å². The lowest BCUT2D eigenvalue weighted by Crippen LogP contribution is -2.19. The standard InChI is InChI=1S/C21H29N3O2/c1-6-8-23-12-16(11-22)20-14(4)19(25)18-10-13(3)9-17(21(18)26-20)15(5)24-7-2/h9-12,15,24H,6-8,22H2,1-5H3/b16-11+,23-12?/t15-/m1/s1. The van der Waals surface area contributed by atoms with Gasteiger partial charge in [-0.1, -0.05) is 19.9 Å². The van der Waals surface area contributed by atoms with Gasteiger partial charge in [0.25, 0.3) is 0 Å². The third kappa shape index (κ3) is 4.05. The molecule has 1 aromatic heterocycles. The Hall–Kier alpha value is -2.40. The highest BCUT2D eigenvalue weighted by molar-refractivity contribution is 6.09. The van der Waals surface area contributed by atoms with Crippen LogP contribution in [0.4, 0.5) is 0 Å². The molecule has 5 heteroatoms. The van der Waals surface area contributed by atoms with Crippen molar-refractivity contribution < 1.29 is 4.42 Å². The number of benzene rings is 1. The first-order valence-corrected chi connectivity index (χ1v) is 9.17. The largest absolute Gasteiger partial charge is 0.455 e. The second-order valence-corrected chi connectivity index (χ2v) is 6.55. The van der Waals surface area contributed by atoms with Gasteiger partial charge in [0.05, 0.1) is 11.0 Å². The summed E-state index contributed by atoms with van der Waals surface area (Å²) in [6.45, 7) is 11.5. The lowest BCUT2D eigenvalue weighted by molar-refractivity contribution is 0.552. The molecule has 2 rings (SSSR count). The van der Waals surface area contributed by atoms with E-state index < -0.39 is 0 Å². The van der Waals surface area contributed by atoms with Crippen molar-refractivity contribution in [2.75, 3.05) is 13.1 Å². The van der Waals surface area contributed by atoms with Gasteiger partial charge in [-0.05, 0) is 45.4 Å². The van der Waals surface area contributed by atoms with Crippen LogP contribution in [-0.2, 0) is 0 Å². The van der Waals surface area contributed by atoms with Crippen LogP contribution in [-0.4, -0.2) is 19.3 Å². The number of allylic oxidation sites excluding steroid dienone is 1. The minimum absolute atomic E-state index is 0.0295. The maximum absolute atomic E-state index is 13.0. The fourth-order valence-corrected chi connectivity index (χ4v) is 3.05. The molecule has 0 aliphatic carbocycles. The van der Waals surface area contributed by atoms with E-state index in [1.165, 1.54) is 6.20 Å². The van der Waals surface area contributed by atoms with Gasteiger partial charge < -0.3 is 15.5 Å². The maximum Gasteiger partial charge on any atom is 0.196 e. The van der Waals surface area contributed by atoms with E-state index in [1.807, 2.05) is 13.0 Å². The van der Waals surface area contributed by atoms with Crippen molar-refractivity contribution in [2.45, 2.75) is 47.1 Å². The molecule has 1 aromatic carbocycles. The van der Waals surface area contributed by atoms with Crippen LogP contribution in [0.25, 0.3) is 16.5 Å². The molecule has 140 valence electrons. The van der Waals surface area contributed by atoms with Gasteiger partial charge in [0.1, 0.15) is 11.3 Å². The normalized spacial score (nSPS) is 13.7. The number of aryl methyl sites for hydroxylation is 1. The Bertz CT molecular complexity index is 894. The Morgan fingerprint density at radius 2 is 2.08 bits per heavy atom. The van der Waals surface area contributed by atoms with Gasteiger partial charge in [-0.25, -0.2) is 0 Å². The lowest BCUT2D eigenvalue weighted by atomic mass is 9.99. The number of hydrogen-bond donors (Lipinski definition) is 2. The summed E-state index contributed by atoms with van der Waals surface area (Å²) in [4.78, 5) is 17.3. The van der Waals surface area contributed by atoms with E-state index in [0.717, 1.165) is 24.1 Å². The zero-order chi connectivity index (χ0) is 19.3. The monoisotopic (exact) mass is 355 g/mol. The number of nitrogens with zero attached hydrogens (tertiary/aromatic N) is 1. The number of nitrogens with two attached hydrogens (primary N) is 1. The summed E-state index contributed by atoms with van der Waals surface area (Å²) < 4.78 is 6.23. The zero-order valence-electron chi connectivity index (χ0n) is 16.3. The van der Waals surface area contributed by atoms with Crippen LogP contribution in [0.3, 0.4) is 0 Å². The minimum Gasteiger partial charge on any atom is -0.455 e. The Labute approximate surface area is 155 Å². The highest BCUT2D eigenvalue weighted by Gasteiger charge is 2.18. The van der Waals surface area contributed by atoms with Crippen molar-refractivity contribution in [1.82, 2.24) is 5.32 Å². The molecular weight excluding hydrogens is 326 g/mol. The minimum atomic E-state index is -0.0295. The summed E-state index contributed by atoms with van der Waals surface area (Å²) >= 11 is 0. The molecule has 0 unspecified atom stereocenters. The first kappa shape index (κ1) is 19.9. The summed E-state index contributed by atoms with van der Waals surface area (Å²) in [5, 5.41) is 4.00. The van der Waals surface area contributed by atoms with Crippen molar-refractivity contribution in [2.24, 2.45) is 10.7 Å². The third-order valence-corrected chi connectivity index (χ3v) is 4.39. The summed E-state index contributed by atoms with van der Waals surface area (Å²) in [7, 11) is 0. The predicted octanol–water partition coefficient (Wildman–Crippen LogP) is 3.86. The van der Waals surface area contributed by atoms with Crippen molar-refractivity contribution in [3.05, 3.63) is 51.0 Å². The first-order valence-electron chi connectivity index (χ1n) is 9.17. The fourth-order valence-electron chi connectivity index (χ4n) is 3.05. The van der Waals surface area contributed by atoms with Crippen molar-refractivity contribution in [3.63, 3.8) is 0 Å². The molecule has 0 aliphatic heterocycles. The van der Waals surface area contributed by atoms with Crippen molar-refractivity contribution in [1.29, 1.82) is 0 Å². The van der Waals surface area contributed by atoms with Crippen LogP contribution >= 0.6 is 0 Å². The van der Waals surface area contributed by atoms with Gasteiger partial charge in [0.15, 0.2) is 5.43 Å². The van der Waals surface area contributed by atoms with Crippen LogP contribution in [0, 0.1) is 13.8 Å². The molecule has 0 radical (unpaired) electrons. The maximum atomic E-state index is 13.0. The molecule has 0 aliphatic rings. The lowest BCUT2D eigenvalue weighted by Gasteiger charge is -2.17. The average molecular weight is 355 g/mol. The quantitative estimate of drug-likeness (QED) is 0.739. The van der Waals surface area contributed by atoms with Crippen LogP contribution in [0.2, 0.25) is 0 Å². The molecule has 0 fully saturated rings. The van der Waals surface area contributed by atoms with Crippen LogP contribution in [0.15, 0.2) is 32.5 Å². The number of aliphatic imine (C=N–C) groups is 1. The van der Waals surface area contributed by atoms with E-state index in [-0.39, 0.29) is 11.5 Å². The van der Waals surface area contributed by atoms with Crippen LogP contribution < -0.4 is 16.5 Å². The van der Waals surface area contributed by atoms with Gasteiger partial charge in [-0.2, -0.15) is 0 Å². The Kier molecular flexibility index (Phi) is 6.75. The van der Waals surface area contributed by atoms with Crippen molar-refractivity contribution in [3.8, 4) is 0 Å². The van der Waals surface area contributed by atoms with Crippen molar-refractivity contribution >= 4 is 22.8 Å². The highest BCUT2D eigenvalue weighted by Crippen LogP contribution is 2.28. The summed E-state index contributed by atoms with van der Waals surface area (Å²) in [5.41, 5.74) is 9.55. The molecule has 5 nitrogen and oxygen atoms in total. The van der Waals surface area contributed by atoms with Crippen LogP contribution in [0.5, 0.6) is 0 Å². The van der Waals surface area contributed by atoms with E-state index in [9.17, 15) is 4.79 Å². The second kappa shape index (κ2) is 8.81. The summed E-state index contributed by atoms with van der Waals surface area (Å²) in [6, 6.07) is 4.02. The third-order valence-electron chi connectivity index (χ3n) is 4.39. The highest BCUT2D eigenvalue weighted by atomic mass is 16.3. The number of hydrogen-bond acceptors (Lipinski definition) is 5. The smallest absolute Gasteiger partial charge is 0.196 e. The van der Waals surface area contributed by atoms with Gasteiger partial charge in [0.2, 0.25) is 0 Å². The molecule has 0 saturated heterocycles. The number of nitrogens with one attached hydrogen (secondary N) is 1. The predicted molar refractivity (Wildman–Crippen MR) is 110 cm³/mol. The van der Waals surface area contributed by atoms with Gasteiger partial charge in [-0.15, -0.1) is 0 Å². The first-order chi connectivity index (χ1) is 12.4. The number of fused-ring (bicyclic) bond motifs is 1. The van der Waals surface area contributed by atoms with Crippen LogP contribution in [0.1, 0.15) is 55.7 Å². The zero-order valence-corrected chi connectivity index (χ0v) is 16.3.